The maximum atomic E-state index is 4.72. The third-order valence-corrected chi connectivity index (χ3v) is 6.12. The number of fused-ring (bicyclic) bond motifs is 2. The summed E-state index contributed by atoms with van der Waals surface area (Å²) in [6.07, 6.45) is 4.89. The van der Waals surface area contributed by atoms with Crippen LogP contribution >= 0.6 is 0 Å². The number of hydrogen-bond acceptors (Lipinski definition) is 6. The van der Waals surface area contributed by atoms with Crippen molar-refractivity contribution < 1.29 is 0 Å². The van der Waals surface area contributed by atoms with E-state index >= 15 is 0 Å². The Kier molecular flexibility index (Phi) is 7.44. The minimum Gasteiger partial charge on any atom is -0.334 e. The van der Waals surface area contributed by atoms with Gasteiger partial charge in [0.25, 0.3) is 0 Å². The molecule has 0 radical (unpaired) electrons. The van der Waals surface area contributed by atoms with Crippen LogP contribution in [0.15, 0.2) is 34.5 Å². The predicted molar refractivity (Wildman–Crippen MR) is 139 cm³/mol. The lowest BCUT2D eigenvalue weighted by molar-refractivity contribution is 0.294. The summed E-state index contributed by atoms with van der Waals surface area (Å²) in [5.74, 6) is 0. The van der Waals surface area contributed by atoms with Gasteiger partial charge in [0.1, 0.15) is 12.7 Å². The summed E-state index contributed by atoms with van der Waals surface area (Å²) < 4.78 is 0. The molecular weight excluding hydrogens is 396 g/mol. The van der Waals surface area contributed by atoms with E-state index in [1.165, 1.54) is 39.1 Å². The molecule has 3 rings (SSSR count). The second kappa shape index (κ2) is 10.1. The number of anilines is 2. The average molecular weight is 435 g/mol. The molecule has 1 heterocycles. The molecule has 0 atom stereocenters. The van der Waals surface area contributed by atoms with Gasteiger partial charge in [-0.05, 0) is 81.0 Å². The fraction of sp³-hybridized carbons (Fsp3) is 0.462. The summed E-state index contributed by atoms with van der Waals surface area (Å²) in [6.45, 7) is 13.5. The van der Waals surface area contributed by atoms with Gasteiger partial charge in [0.05, 0.1) is 0 Å². The Hall–Kier alpha value is -3.02. The Labute approximate surface area is 193 Å². The first-order valence-corrected chi connectivity index (χ1v) is 11.4. The van der Waals surface area contributed by atoms with Gasteiger partial charge in [0.2, 0.25) is 0 Å². The normalized spacial score (nSPS) is 17.4. The van der Waals surface area contributed by atoms with Crippen molar-refractivity contribution in [2.75, 3.05) is 50.6 Å². The Bertz CT molecular complexity index is 987. The number of hydrazone groups is 2. The number of benzene rings is 2. The highest BCUT2D eigenvalue weighted by molar-refractivity contribution is 5.91. The fourth-order valence-electron chi connectivity index (χ4n) is 4.46. The Morgan fingerprint density at radius 1 is 0.781 bits per heavy atom. The van der Waals surface area contributed by atoms with Crippen molar-refractivity contribution in [2.45, 2.75) is 41.0 Å². The summed E-state index contributed by atoms with van der Waals surface area (Å²) in [7, 11) is 6.12. The van der Waals surface area contributed by atoms with Gasteiger partial charge in [0.15, 0.2) is 0 Å². The quantitative estimate of drug-likeness (QED) is 0.666. The fourth-order valence-corrected chi connectivity index (χ4v) is 4.46. The van der Waals surface area contributed by atoms with Crippen LogP contribution in [0, 0.1) is 27.7 Å². The molecular formula is C26H38N6. The molecule has 0 N–H and O–H groups in total. The van der Waals surface area contributed by atoms with Gasteiger partial charge in [-0.15, -0.1) is 0 Å². The third-order valence-electron chi connectivity index (χ3n) is 6.12. The summed E-state index contributed by atoms with van der Waals surface area (Å²) in [5, 5.41) is 13.4. The van der Waals surface area contributed by atoms with E-state index in [9.17, 15) is 0 Å². The summed E-state index contributed by atoms with van der Waals surface area (Å²) in [4.78, 5) is 4.36. The smallest absolute Gasteiger partial charge is 0.115 e. The van der Waals surface area contributed by atoms with Crippen LogP contribution in [-0.4, -0.2) is 63.5 Å². The summed E-state index contributed by atoms with van der Waals surface area (Å²) >= 11 is 0. The Morgan fingerprint density at radius 2 is 1.34 bits per heavy atom. The lowest BCUT2D eigenvalue weighted by atomic mass is 9.92. The van der Waals surface area contributed by atoms with Gasteiger partial charge in [-0.3, -0.25) is 10.0 Å². The van der Waals surface area contributed by atoms with Crippen molar-refractivity contribution in [1.29, 1.82) is 0 Å². The van der Waals surface area contributed by atoms with Crippen LogP contribution in [0.3, 0.4) is 0 Å². The van der Waals surface area contributed by atoms with Crippen LogP contribution in [0.1, 0.15) is 35.6 Å². The zero-order valence-electron chi connectivity index (χ0n) is 21.0. The maximum Gasteiger partial charge on any atom is 0.115 e. The van der Waals surface area contributed by atoms with Crippen molar-refractivity contribution in [2.24, 2.45) is 10.2 Å². The first kappa shape index (κ1) is 23.6. The highest BCUT2D eigenvalue weighted by Crippen LogP contribution is 2.37. The van der Waals surface area contributed by atoms with Crippen LogP contribution in [0.5, 0.6) is 0 Å². The summed E-state index contributed by atoms with van der Waals surface area (Å²) in [5.41, 5.74) is 9.93. The van der Waals surface area contributed by atoms with Crippen LogP contribution in [0.25, 0.3) is 11.1 Å². The Morgan fingerprint density at radius 3 is 1.94 bits per heavy atom. The lowest BCUT2D eigenvalue weighted by Gasteiger charge is -2.28. The molecule has 2 aromatic rings. The molecule has 2 aromatic carbocycles. The number of aryl methyl sites for hydroxylation is 3. The minimum absolute atomic E-state index is 0.841. The standard InChI is InChI=1S/C26H38N6/c1-9-32-18-28-31(8)12-10-11-30(7)27-17-29(6)24-15-23(16-25(32)22(24)5)26-20(3)13-19(2)14-21(26)4/h13-18H,9-12H2,1-8H3/b27-17-,28-18-. The zero-order chi connectivity index (χ0) is 23.4. The van der Waals surface area contributed by atoms with Gasteiger partial charge in [-0.1, -0.05) is 17.7 Å². The number of nitrogens with zero attached hydrogens (tertiary/aromatic N) is 6. The van der Waals surface area contributed by atoms with Gasteiger partial charge in [0, 0.05) is 52.2 Å². The minimum atomic E-state index is 0.841. The topological polar surface area (TPSA) is 37.7 Å². The molecule has 1 aliphatic rings. The first-order chi connectivity index (χ1) is 15.2. The van der Waals surface area contributed by atoms with Crippen LogP contribution in [0.2, 0.25) is 0 Å². The highest BCUT2D eigenvalue weighted by atomic mass is 15.5. The van der Waals surface area contributed by atoms with Crippen molar-refractivity contribution in [3.63, 3.8) is 0 Å². The molecule has 0 amide bonds. The average Bonchev–Trinajstić information content (AvgIpc) is 2.72. The van der Waals surface area contributed by atoms with E-state index in [1.54, 1.807) is 0 Å². The van der Waals surface area contributed by atoms with E-state index in [0.717, 1.165) is 31.7 Å². The molecule has 0 fully saturated rings. The SMILES string of the molecule is CCN1/C=N\N(C)CCCN(C)/N=C\N(C)c2cc(-c3c(C)cc(C)cc3C)cc1c2C. The van der Waals surface area contributed by atoms with Crippen LogP contribution < -0.4 is 9.80 Å². The number of rotatable bonds is 2. The van der Waals surface area contributed by atoms with Crippen LogP contribution in [0.4, 0.5) is 11.4 Å². The van der Waals surface area contributed by atoms with E-state index in [4.69, 9.17) is 5.10 Å². The molecule has 6 heteroatoms. The largest absolute Gasteiger partial charge is 0.334 e. The number of hydrogen-bond donors (Lipinski definition) is 0. The van der Waals surface area contributed by atoms with Gasteiger partial charge < -0.3 is 9.80 Å². The molecule has 32 heavy (non-hydrogen) atoms. The van der Waals surface area contributed by atoms with Gasteiger partial charge in [-0.2, -0.15) is 10.2 Å². The van der Waals surface area contributed by atoms with E-state index in [1.807, 2.05) is 36.8 Å². The molecule has 6 nitrogen and oxygen atoms in total. The molecule has 0 saturated heterocycles. The monoisotopic (exact) mass is 434 g/mol. The van der Waals surface area contributed by atoms with Gasteiger partial charge >= 0.3 is 0 Å². The van der Waals surface area contributed by atoms with Crippen molar-refractivity contribution in [1.82, 2.24) is 10.0 Å². The first-order valence-electron chi connectivity index (χ1n) is 11.4. The van der Waals surface area contributed by atoms with Crippen molar-refractivity contribution >= 4 is 24.1 Å². The summed E-state index contributed by atoms with van der Waals surface area (Å²) in [6, 6.07) is 9.13. The molecule has 2 bridgehead atoms. The van der Waals surface area contributed by atoms with E-state index in [-0.39, 0.29) is 0 Å². The molecule has 0 saturated carbocycles. The molecule has 0 spiro atoms. The second-order valence-electron chi connectivity index (χ2n) is 8.89. The molecule has 0 aromatic heterocycles. The molecule has 172 valence electrons. The second-order valence-corrected chi connectivity index (χ2v) is 8.89. The lowest BCUT2D eigenvalue weighted by Crippen LogP contribution is -2.27. The maximum absolute atomic E-state index is 4.72. The third kappa shape index (κ3) is 5.23. The molecule has 0 aliphatic carbocycles. The molecule has 1 aliphatic heterocycles. The van der Waals surface area contributed by atoms with Crippen LogP contribution in [-0.2, 0) is 0 Å². The van der Waals surface area contributed by atoms with E-state index < -0.39 is 0 Å². The highest BCUT2D eigenvalue weighted by Gasteiger charge is 2.17. The molecule has 0 unspecified atom stereocenters. The van der Waals surface area contributed by atoms with Crippen molar-refractivity contribution in [3.05, 3.63) is 46.5 Å². The predicted octanol–water partition coefficient (Wildman–Crippen LogP) is 5.00. The van der Waals surface area contributed by atoms with Crippen molar-refractivity contribution in [3.8, 4) is 11.1 Å². The Balaban J connectivity index is 2.24. The van der Waals surface area contributed by atoms with Gasteiger partial charge in [-0.25, -0.2) is 0 Å². The zero-order valence-corrected chi connectivity index (χ0v) is 21.0. The van der Waals surface area contributed by atoms with E-state index in [2.05, 4.69) is 80.8 Å². The van der Waals surface area contributed by atoms with E-state index in [0.29, 0.717) is 0 Å².